The van der Waals surface area contributed by atoms with Gasteiger partial charge in [-0.15, -0.1) is 0 Å². The third-order valence-electron chi connectivity index (χ3n) is 2.91. The standard InChI is InChI=1S/C13H11N5O2/c19-13(20)9-4-2-1-3-8(9)5-14-11-10-12(16-6-15-10)18-7-17-11/h1-4,6-7H,5H2,(H,19,20)(H2,14,15,16,17,18). The molecular formula is C13H11N5O2. The Kier molecular flexibility index (Phi) is 3.00. The Morgan fingerprint density at radius 3 is 2.95 bits per heavy atom. The summed E-state index contributed by atoms with van der Waals surface area (Å²) in [6.45, 7) is 0.349. The molecule has 7 nitrogen and oxygen atoms in total. The summed E-state index contributed by atoms with van der Waals surface area (Å²) in [6.07, 6.45) is 2.96. The zero-order chi connectivity index (χ0) is 13.9. The van der Waals surface area contributed by atoms with Gasteiger partial charge in [-0.3, -0.25) is 0 Å². The molecule has 0 saturated heterocycles. The summed E-state index contributed by atoms with van der Waals surface area (Å²) < 4.78 is 0. The molecule has 0 atom stereocenters. The summed E-state index contributed by atoms with van der Waals surface area (Å²) in [5.41, 5.74) is 2.21. The van der Waals surface area contributed by atoms with Gasteiger partial charge in [0.05, 0.1) is 11.9 Å². The fourth-order valence-electron chi connectivity index (χ4n) is 1.96. The first kappa shape index (κ1) is 12.1. The van der Waals surface area contributed by atoms with Crippen molar-refractivity contribution >= 4 is 23.0 Å². The Morgan fingerprint density at radius 1 is 1.25 bits per heavy atom. The van der Waals surface area contributed by atoms with Gasteiger partial charge < -0.3 is 15.4 Å². The lowest BCUT2D eigenvalue weighted by molar-refractivity contribution is 0.0696. The van der Waals surface area contributed by atoms with Gasteiger partial charge in [0.15, 0.2) is 11.5 Å². The van der Waals surface area contributed by atoms with Crippen LogP contribution in [0.4, 0.5) is 5.82 Å². The summed E-state index contributed by atoms with van der Waals surface area (Å²) in [5.74, 6) is -0.383. The maximum absolute atomic E-state index is 11.1. The van der Waals surface area contributed by atoms with Crippen molar-refractivity contribution in [3.63, 3.8) is 0 Å². The number of carboxylic acid groups (broad SMARTS) is 1. The number of aromatic nitrogens is 4. The van der Waals surface area contributed by atoms with Gasteiger partial charge in [-0.2, -0.15) is 0 Å². The molecule has 2 heterocycles. The van der Waals surface area contributed by atoms with Crippen molar-refractivity contribution in [2.24, 2.45) is 0 Å². The summed E-state index contributed by atoms with van der Waals surface area (Å²) >= 11 is 0. The number of rotatable bonds is 4. The Bertz CT molecular complexity index is 768. The van der Waals surface area contributed by atoms with Gasteiger partial charge in [0.2, 0.25) is 0 Å². The number of nitrogens with zero attached hydrogens (tertiary/aromatic N) is 3. The predicted molar refractivity (Wildman–Crippen MR) is 72.4 cm³/mol. The van der Waals surface area contributed by atoms with Crippen LogP contribution in [0.15, 0.2) is 36.9 Å². The largest absolute Gasteiger partial charge is 0.478 e. The van der Waals surface area contributed by atoms with Crippen LogP contribution in [-0.2, 0) is 6.54 Å². The molecule has 0 fully saturated rings. The maximum atomic E-state index is 11.1. The van der Waals surface area contributed by atoms with Crippen molar-refractivity contribution in [3.8, 4) is 0 Å². The lowest BCUT2D eigenvalue weighted by atomic mass is 10.1. The molecule has 0 unspecified atom stereocenters. The van der Waals surface area contributed by atoms with Gasteiger partial charge in [0.25, 0.3) is 0 Å². The average molecular weight is 269 g/mol. The summed E-state index contributed by atoms with van der Waals surface area (Å²) in [6, 6.07) is 6.83. The number of benzene rings is 1. The molecule has 3 aromatic rings. The fourth-order valence-corrected chi connectivity index (χ4v) is 1.96. The third kappa shape index (κ3) is 2.16. The number of nitrogens with one attached hydrogen (secondary N) is 2. The van der Waals surface area contributed by atoms with Gasteiger partial charge in [0, 0.05) is 6.54 Å². The Morgan fingerprint density at radius 2 is 2.10 bits per heavy atom. The lowest BCUT2D eigenvalue weighted by Crippen LogP contribution is -2.08. The quantitative estimate of drug-likeness (QED) is 0.665. The number of anilines is 1. The van der Waals surface area contributed by atoms with Crippen LogP contribution >= 0.6 is 0 Å². The number of H-pyrrole nitrogens is 1. The average Bonchev–Trinajstić information content (AvgIpc) is 2.94. The summed E-state index contributed by atoms with van der Waals surface area (Å²) in [5, 5.41) is 12.2. The molecule has 100 valence electrons. The van der Waals surface area contributed by atoms with E-state index in [0.29, 0.717) is 29.1 Å². The zero-order valence-electron chi connectivity index (χ0n) is 10.4. The fraction of sp³-hybridized carbons (Fsp3) is 0.0769. The Balaban J connectivity index is 1.87. The van der Waals surface area contributed by atoms with Crippen LogP contribution in [0.1, 0.15) is 15.9 Å². The Labute approximate surface area is 113 Å². The molecule has 3 rings (SSSR count). The van der Waals surface area contributed by atoms with Crippen LogP contribution in [-0.4, -0.2) is 31.0 Å². The minimum Gasteiger partial charge on any atom is -0.478 e. The highest BCUT2D eigenvalue weighted by Crippen LogP contribution is 2.16. The third-order valence-corrected chi connectivity index (χ3v) is 2.91. The van der Waals surface area contributed by atoms with E-state index in [2.05, 4.69) is 25.3 Å². The number of carboxylic acids is 1. The summed E-state index contributed by atoms with van der Waals surface area (Å²) in [4.78, 5) is 26.3. The first-order valence-electron chi connectivity index (χ1n) is 5.95. The smallest absolute Gasteiger partial charge is 0.336 e. The second kappa shape index (κ2) is 4.96. The number of fused-ring (bicyclic) bond motifs is 1. The van der Waals surface area contributed by atoms with Crippen LogP contribution in [0.2, 0.25) is 0 Å². The lowest BCUT2D eigenvalue weighted by Gasteiger charge is -2.08. The molecule has 0 bridgehead atoms. The van der Waals surface area contributed by atoms with E-state index in [4.69, 9.17) is 5.11 Å². The second-order valence-electron chi connectivity index (χ2n) is 4.14. The van der Waals surface area contributed by atoms with Crippen molar-refractivity contribution in [1.29, 1.82) is 0 Å². The highest BCUT2D eigenvalue weighted by atomic mass is 16.4. The van der Waals surface area contributed by atoms with Crippen molar-refractivity contribution in [1.82, 2.24) is 19.9 Å². The molecule has 0 aliphatic carbocycles. The highest BCUT2D eigenvalue weighted by Gasteiger charge is 2.10. The zero-order valence-corrected chi connectivity index (χ0v) is 10.4. The molecule has 0 amide bonds. The minimum atomic E-state index is -0.949. The second-order valence-corrected chi connectivity index (χ2v) is 4.14. The normalized spacial score (nSPS) is 10.6. The van der Waals surface area contributed by atoms with Crippen LogP contribution in [0, 0.1) is 0 Å². The van der Waals surface area contributed by atoms with Gasteiger partial charge in [-0.05, 0) is 11.6 Å². The van der Waals surface area contributed by atoms with Crippen molar-refractivity contribution in [2.45, 2.75) is 6.54 Å². The maximum Gasteiger partial charge on any atom is 0.336 e. The van der Waals surface area contributed by atoms with E-state index >= 15 is 0 Å². The molecule has 0 aliphatic rings. The van der Waals surface area contributed by atoms with E-state index in [9.17, 15) is 4.79 Å². The number of imidazole rings is 1. The number of aromatic carboxylic acids is 1. The minimum absolute atomic E-state index is 0.271. The van der Waals surface area contributed by atoms with Gasteiger partial charge in [-0.1, -0.05) is 18.2 Å². The van der Waals surface area contributed by atoms with E-state index in [1.165, 1.54) is 12.7 Å². The molecule has 0 radical (unpaired) electrons. The highest BCUT2D eigenvalue weighted by molar-refractivity contribution is 5.89. The Hall–Kier alpha value is -2.96. The molecule has 2 aromatic heterocycles. The summed E-state index contributed by atoms with van der Waals surface area (Å²) in [7, 11) is 0. The van der Waals surface area contributed by atoms with Gasteiger partial charge >= 0.3 is 5.97 Å². The topological polar surface area (TPSA) is 104 Å². The number of carbonyl (C=O) groups is 1. The number of aromatic amines is 1. The van der Waals surface area contributed by atoms with Crippen LogP contribution in [0.3, 0.4) is 0 Å². The number of hydrogen-bond acceptors (Lipinski definition) is 5. The molecule has 3 N–H and O–H groups in total. The first-order chi connectivity index (χ1) is 9.75. The predicted octanol–water partition coefficient (Wildman–Crippen LogP) is 1.66. The molecule has 0 saturated carbocycles. The molecule has 7 heteroatoms. The monoisotopic (exact) mass is 269 g/mol. The van der Waals surface area contributed by atoms with E-state index in [1.54, 1.807) is 24.3 Å². The van der Waals surface area contributed by atoms with Gasteiger partial charge in [0.1, 0.15) is 11.8 Å². The number of hydrogen-bond donors (Lipinski definition) is 3. The van der Waals surface area contributed by atoms with E-state index in [-0.39, 0.29) is 5.56 Å². The SMILES string of the molecule is O=C(O)c1ccccc1CNc1ncnc2[nH]cnc12. The van der Waals surface area contributed by atoms with E-state index in [1.807, 2.05) is 0 Å². The van der Waals surface area contributed by atoms with Crippen LogP contribution in [0.5, 0.6) is 0 Å². The first-order valence-corrected chi connectivity index (χ1v) is 5.95. The van der Waals surface area contributed by atoms with Crippen molar-refractivity contribution in [3.05, 3.63) is 48.0 Å². The molecular weight excluding hydrogens is 258 g/mol. The van der Waals surface area contributed by atoms with Crippen LogP contribution in [0.25, 0.3) is 11.2 Å². The van der Waals surface area contributed by atoms with Crippen molar-refractivity contribution < 1.29 is 9.90 Å². The van der Waals surface area contributed by atoms with E-state index in [0.717, 1.165) is 0 Å². The molecule has 0 aliphatic heterocycles. The van der Waals surface area contributed by atoms with E-state index < -0.39 is 5.97 Å². The van der Waals surface area contributed by atoms with Crippen molar-refractivity contribution in [2.75, 3.05) is 5.32 Å². The van der Waals surface area contributed by atoms with Crippen LogP contribution < -0.4 is 5.32 Å². The molecule has 20 heavy (non-hydrogen) atoms. The molecule has 0 spiro atoms. The molecule has 1 aromatic carbocycles. The van der Waals surface area contributed by atoms with Gasteiger partial charge in [-0.25, -0.2) is 19.7 Å².